The lowest BCUT2D eigenvalue weighted by Gasteiger charge is -2.45. The molecule has 1 aromatic heterocycles. The number of ketones is 1. The number of carbonyl (C=O) groups is 3. The molecule has 2 amide bonds. The molecule has 0 radical (unpaired) electrons. The molecule has 1 aliphatic heterocycles. The van der Waals surface area contributed by atoms with Crippen molar-refractivity contribution in [2.75, 3.05) is 9.80 Å². The first-order valence-electron chi connectivity index (χ1n) is 14.0. The zero-order valence-corrected chi connectivity index (χ0v) is 24.1. The van der Waals surface area contributed by atoms with Crippen LogP contribution in [0.2, 0.25) is 0 Å². The van der Waals surface area contributed by atoms with Crippen molar-refractivity contribution in [1.29, 1.82) is 5.26 Å². The van der Waals surface area contributed by atoms with Gasteiger partial charge in [-0.15, -0.1) is 11.6 Å². The van der Waals surface area contributed by atoms with Crippen LogP contribution in [-0.2, 0) is 14.4 Å². The summed E-state index contributed by atoms with van der Waals surface area (Å²) in [6.45, 7) is 1.71. The fourth-order valence-electron chi connectivity index (χ4n) is 6.09. The van der Waals surface area contributed by atoms with Crippen LogP contribution in [0.4, 0.5) is 24.8 Å². The first-order chi connectivity index (χ1) is 20.4. The molecule has 0 spiro atoms. The SMILES string of the molecule is CC1([C@@H](C(=O)CCC2CC(F)(F)C2)N(C(=O)[C@@H]2CCC(=O)N2c2nccc(C#N)n2)c2cccc(F)c2)C=CC=CC1Cl. The van der Waals surface area contributed by atoms with Crippen LogP contribution in [0.1, 0.15) is 51.1 Å². The van der Waals surface area contributed by atoms with Crippen LogP contribution < -0.4 is 9.80 Å². The second kappa shape index (κ2) is 11.9. The van der Waals surface area contributed by atoms with Crippen LogP contribution in [0.5, 0.6) is 0 Å². The Morgan fingerprint density at radius 1 is 1.26 bits per heavy atom. The number of rotatable bonds is 9. The van der Waals surface area contributed by atoms with Crippen LogP contribution >= 0.6 is 11.6 Å². The maximum Gasteiger partial charge on any atom is 0.251 e. The Kier molecular flexibility index (Phi) is 8.43. The van der Waals surface area contributed by atoms with Crippen molar-refractivity contribution in [1.82, 2.24) is 9.97 Å². The number of alkyl halides is 3. The van der Waals surface area contributed by atoms with Gasteiger partial charge in [-0.2, -0.15) is 5.26 Å². The van der Waals surface area contributed by atoms with E-state index in [9.17, 15) is 32.8 Å². The highest BCUT2D eigenvalue weighted by Gasteiger charge is 2.52. The van der Waals surface area contributed by atoms with E-state index in [0.717, 1.165) is 11.0 Å². The van der Waals surface area contributed by atoms with Crippen LogP contribution in [0.15, 0.2) is 60.8 Å². The van der Waals surface area contributed by atoms with Gasteiger partial charge in [-0.1, -0.05) is 37.3 Å². The summed E-state index contributed by atoms with van der Waals surface area (Å²) in [5, 5.41) is 8.56. The summed E-state index contributed by atoms with van der Waals surface area (Å²) < 4.78 is 41.7. The minimum atomic E-state index is -2.75. The van der Waals surface area contributed by atoms with Gasteiger partial charge in [0.1, 0.15) is 29.7 Å². The summed E-state index contributed by atoms with van der Waals surface area (Å²) in [7, 11) is 0. The molecule has 2 heterocycles. The number of allylic oxidation sites excluding steroid dienone is 3. The molecule has 5 rings (SSSR count). The zero-order chi connectivity index (χ0) is 30.9. The third-order valence-electron chi connectivity index (χ3n) is 8.36. The second-order valence-electron chi connectivity index (χ2n) is 11.4. The molecule has 8 nitrogen and oxygen atoms in total. The van der Waals surface area contributed by atoms with Crippen molar-refractivity contribution in [2.24, 2.45) is 11.3 Å². The Morgan fingerprint density at radius 2 is 2.02 bits per heavy atom. The average molecular weight is 612 g/mol. The maximum atomic E-state index is 14.7. The first kappa shape index (κ1) is 30.4. The third kappa shape index (κ3) is 6.07. The Hall–Kier alpha value is -4.04. The monoisotopic (exact) mass is 611 g/mol. The van der Waals surface area contributed by atoms with E-state index in [1.807, 2.05) is 6.07 Å². The molecule has 0 bridgehead atoms. The van der Waals surface area contributed by atoms with Gasteiger partial charge in [-0.25, -0.2) is 23.1 Å². The summed E-state index contributed by atoms with van der Waals surface area (Å²) in [5.41, 5.74) is -1.13. The Morgan fingerprint density at radius 3 is 2.70 bits per heavy atom. The lowest BCUT2D eigenvalue weighted by Crippen LogP contribution is -2.60. The number of hydrogen-bond acceptors (Lipinski definition) is 6. The molecular weight excluding hydrogens is 583 g/mol. The van der Waals surface area contributed by atoms with Crippen LogP contribution in [0, 0.1) is 28.5 Å². The summed E-state index contributed by atoms with van der Waals surface area (Å²) in [4.78, 5) is 52.4. The highest BCUT2D eigenvalue weighted by atomic mass is 35.5. The number of Topliss-reactive ketones (excluding diaryl/α,β-unsaturated/α-hetero) is 1. The van der Waals surface area contributed by atoms with Crippen molar-refractivity contribution in [3.8, 4) is 6.07 Å². The van der Waals surface area contributed by atoms with Crippen LogP contribution in [-0.4, -0.2) is 50.9 Å². The second-order valence-corrected chi connectivity index (χ2v) is 11.9. The molecule has 1 saturated carbocycles. The molecule has 2 unspecified atom stereocenters. The summed E-state index contributed by atoms with van der Waals surface area (Å²) in [6.07, 6.45) is 7.59. The third-order valence-corrected chi connectivity index (χ3v) is 8.98. The molecule has 2 fully saturated rings. The topological polar surface area (TPSA) is 107 Å². The Balaban J connectivity index is 1.58. The molecule has 1 aromatic carbocycles. The van der Waals surface area contributed by atoms with Crippen LogP contribution in [0.3, 0.4) is 0 Å². The number of hydrogen-bond donors (Lipinski definition) is 0. The van der Waals surface area contributed by atoms with Gasteiger partial charge in [0.25, 0.3) is 5.91 Å². The maximum absolute atomic E-state index is 14.7. The van der Waals surface area contributed by atoms with Crippen molar-refractivity contribution in [3.05, 3.63) is 72.3 Å². The normalized spacial score (nSPS) is 25.2. The predicted octanol–water partition coefficient (Wildman–Crippen LogP) is 5.52. The summed E-state index contributed by atoms with van der Waals surface area (Å²) in [6, 6.07) is 5.98. The highest BCUT2D eigenvalue weighted by molar-refractivity contribution is 6.23. The average Bonchev–Trinajstić information content (AvgIpc) is 3.35. The van der Waals surface area contributed by atoms with Crippen LogP contribution in [0.25, 0.3) is 0 Å². The lowest BCUT2D eigenvalue weighted by molar-refractivity contribution is -0.130. The van der Waals surface area contributed by atoms with E-state index in [1.165, 1.54) is 35.4 Å². The van der Waals surface area contributed by atoms with Crippen molar-refractivity contribution in [3.63, 3.8) is 0 Å². The molecule has 0 N–H and O–H groups in total. The molecular formula is C31H29ClF3N5O3. The smallest absolute Gasteiger partial charge is 0.251 e. The van der Waals surface area contributed by atoms with E-state index in [4.69, 9.17) is 11.6 Å². The van der Waals surface area contributed by atoms with Gasteiger partial charge in [-0.05, 0) is 43.0 Å². The first-order valence-corrected chi connectivity index (χ1v) is 14.4. The minimum Gasteiger partial charge on any atom is -0.299 e. The largest absolute Gasteiger partial charge is 0.299 e. The van der Waals surface area contributed by atoms with Gasteiger partial charge in [0.05, 0.1) is 5.38 Å². The van der Waals surface area contributed by atoms with Crippen molar-refractivity contribution in [2.45, 2.75) is 68.8 Å². The fourth-order valence-corrected chi connectivity index (χ4v) is 6.37. The number of halogens is 4. The number of carbonyl (C=O) groups excluding carboxylic acids is 3. The molecule has 224 valence electrons. The molecule has 43 heavy (non-hydrogen) atoms. The molecule has 12 heteroatoms. The highest BCUT2D eigenvalue weighted by Crippen LogP contribution is 2.46. The number of benzene rings is 1. The number of amides is 2. The predicted molar refractivity (Wildman–Crippen MR) is 153 cm³/mol. The van der Waals surface area contributed by atoms with E-state index in [1.54, 1.807) is 31.2 Å². The van der Waals surface area contributed by atoms with E-state index >= 15 is 0 Å². The summed E-state index contributed by atoms with van der Waals surface area (Å²) >= 11 is 6.79. The number of nitrogens with zero attached hydrogens (tertiary/aromatic N) is 5. The molecule has 3 aliphatic rings. The Labute approximate surface area is 251 Å². The fraction of sp³-hybridized carbons (Fsp3) is 0.419. The van der Waals surface area contributed by atoms with Gasteiger partial charge in [0, 0.05) is 43.0 Å². The molecule has 1 saturated heterocycles. The van der Waals surface area contributed by atoms with Gasteiger partial charge in [-0.3, -0.25) is 24.2 Å². The standard InChI is InChI=1S/C31H29ClF3N5O3/c1-30(13-3-2-7-25(30)32)27(24(41)10-8-19-16-31(34,35)17-19)39(22-6-4-5-20(33)15-22)28(43)23-9-11-26(42)40(23)29-37-14-12-21(18-36)38-29/h2-7,12-15,19,23,25,27H,8-11,16-17H2,1H3/t23-,25?,27+,30?/m0/s1. The van der Waals surface area contributed by atoms with Gasteiger partial charge in [0.2, 0.25) is 17.8 Å². The van der Waals surface area contributed by atoms with Crippen molar-refractivity contribution < 1.29 is 27.6 Å². The molecule has 2 aliphatic carbocycles. The lowest BCUT2D eigenvalue weighted by atomic mass is 9.71. The van der Waals surface area contributed by atoms with Gasteiger partial charge in [0.15, 0.2) is 5.78 Å². The zero-order valence-electron chi connectivity index (χ0n) is 23.3. The number of nitriles is 1. The number of anilines is 2. The van der Waals surface area contributed by atoms with E-state index in [2.05, 4.69) is 9.97 Å². The molecule has 4 atom stereocenters. The van der Waals surface area contributed by atoms with Crippen molar-refractivity contribution >= 4 is 40.8 Å². The quantitative estimate of drug-likeness (QED) is 0.346. The van der Waals surface area contributed by atoms with E-state index in [-0.39, 0.29) is 61.8 Å². The van der Waals surface area contributed by atoms with E-state index in [0.29, 0.717) is 0 Å². The summed E-state index contributed by atoms with van der Waals surface area (Å²) in [5.74, 6) is -5.47. The van der Waals surface area contributed by atoms with E-state index < -0.39 is 52.2 Å². The Bertz CT molecular complexity index is 1530. The minimum absolute atomic E-state index is 0.0101. The van der Waals surface area contributed by atoms with Gasteiger partial charge < -0.3 is 0 Å². The van der Waals surface area contributed by atoms with Gasteiger partial charge >= 0.3 is 0 Å². The number of aromatic nitrogens is 2. The molecule has 2 aromatic rings.